The fourth-order valence-corrected chi connectivity index (χ4v) is 3.99. The highest BCUT2D eigenvalue weighted by Gasteiger charge is 2.48. The summed E-state index contributed by atoms with van der Waals surface area (Å²) in [6.45, 7) is 3.99. The van der Waals surface area contributed by atoms with Gasteiger partial charge in [-0.15, -0.1) is 0 Å². The first-order valence-corrected chi connectivity index (χ1v) is 10.6. The molecule has 1 fully saturated rings. The molecule has 0 spiro atoms. The van der Waals surface area contributed by atoms with Crippen LogP contribution in [0.25, 0.3) is 5.76 Å². The molecule has 2 heterocycles. The molecule has 1 amide bonds. The van der Waals surface area contributed by atoms with Crippen LogP contribution in [0.1, 0.15) is 30.0 Å². The molecule has 3 aromatic rings. The molecule has 1 aliphatic rings. The summed E-state index contributed by atoms with van der Waals surface area (Å²) in [5.41, 5.74) is 0.485. The lowest BCUT2D eigenvalue weighted by Gasteiger charge is -2.23. The Kier molecular flexibility index (Phi) is 6.00. The van der Waals surface area contributed by atoms with Crippen LogP contribution in [-0.2, 0) is 9.59 Å². The van der Waals surface area contributed by atoms with E-state index in [2.05, 4.69) is 0 Å². The molecule has 0 radical (unpaired) electrons. The first kappa shape index (κ1) is 22.0. The minimum absolute atomic E-state index is 0.130. The summed E-state index contributed by atoms with van der Waals surface area (Å²) in [7, 11) is 0. The number of halogens is 2. The number of amides is 1. The quantitative estimate of drug-likeness (QED) is 0.283. The SMILES string of the molecule is CCOc1ccc(Cl)c(/C(O)=C2\C(=O)C(=O)N(c3ccc(Cl)cc3)C2c2ccc(C)o2)c1. The molecule has 1 N–H and O–H groups in total. The van der Waals surface area contributed by atoms with Gasteiger partial charge in [0.05, 0.1) is 17.2 Å². The van der Waals surface area contributed by atoms with Crippen molar-refractivity contribution in [3.63, 3.8) is 0 Å². The van der Waals surface area contributed by atoms with Crippen LogP contribution in [0.15, 0.2) is 64.6 Å². The number of ketones is 1. The second-order valence-electron chi connectivity index (χ2n) is 7.17. The van der Waals surface area contributed by atoms with E-state index in [-0.39, 0.29) is 16.2 Å². The van der Waals surface area contributed by atoms with E-state index >= 15 is 0 Å². The molecule has 32 heavy (non-hydrogen) atoms. The number of rotatable bonds is 5. The number of Topliss-reactive ketones (excluding diaryl/α,β-unsaturated/α-hetero) is 1. The smallest absolute Gasteiger partial charge is 0.300 e. The van der Waals surface area contributed by atoms with Crippen LogP contribution < -0.4 is 9.64 Å². The maximum atomic E-state index is 13.1. The van der Waals surface area contributed by atoms with Gasteiger partial charge in [0.15, 0.2) is 0 Å². The first-order chi connectivity index (χ1) is 15.3. The minimum atomic E-state index is -0.989. The van der Waals surface area contributed by atoms with Crippen molar-refractivity contribution in [2.75, 3.05) is 11.5 Å². The van der Waals surface area contributed by atoms with E-state index in [1.807, 2.05) is 6.92 Å². The monoisotopic (exact) mass is 471 g/mol. The molecular weight excluding hydrogens is 453 g/mol. The fraction of sp³-hybridized carbons (Fsp3) is 0.167. The van der Waals surface area contributed by atoms with Gasteiger partial charge in [0.25, 0.3) is 11.7 Å². The van der Waals surface area contributed by atoms with E-state index in [0.29, 0.717) is 34.6 Å². The number of furan rings is 1. The summed E-state index contributed by atoms with van der Waals surface area (Å²) in [6, 6.07) is 13.6. The Bertz CT molecular complexity index is 1230. The highest BCUT2D eigenvalue weighted by atomic mass is 35.5. The van der Waals surface area contributed by atoms with Gasteiger partial charge in [-0.2, -0.15) is 0 Å². The van der Waals surface area contributed by atoms with Crippen LogP contribution in [0.5, 0.6) is 5.75 Å². The number of benzene rings is 2. The zero-order chi connectivity index (χ0) is 23.0. The van der Waals surface area contributed by atoms with Crippen LogP contribution in [-0.4, -0.2) is 23.4 Å². The van der Waals surface area contributed by atoms with Crippen molar-refractivity contribution in [3.8, 4) is 5.75 Å². The first-order valence-electron chi connectivity index (χ1n) is 9.87. The average Bonchev–Trinajstić information content (AvgIpc) is 3.31. The second-order valence-corrected chi connectivity index (χ2v) is 8.01. The molecule has 0 bridgehead atoms. The Hall–Kier alpha value is -3.22. The molecule has 8 heteroatoms. The topological polar surface area (TPSA) is 80.0 Å². The maximum Gasteiger partial charge on any atom is 0.300 e. The van der Waals surface area contributed by atoms with Crippen molar-refractivity contribution in [1.29, 1.82) is 0 Å². The number of hydrogen-bond donors (Lipinski definition) is 1. The molecule has 4 rings (SSSR count). The minimum Gasteiger partial charge on any atom is -0.507 e. The number of nitrogens with zero attached hydrogens (tertiary/aromatic N) is 1. The summed E-state index contributed by atoms with van der Waals surface area (Å²) >= 11 is 12.3. The molecule has 6 nitrogen and oxygen atoms in total. The molecule has 0 saturated carbocycles. The Morgan fingerprint density at radius 2 is 1.81 bits per heavy atom. The summed E-state index contributed by atoms with van der Waals surface area (Å²) in [4.78, 5) is 27.5. The molecule has 1 aliphatic heterocycles. The lowest BCUT2D eigenvalue weighted by atomic mass is 9.99. The Labute approximate surface area is 194 Å². The molecule has 164 valence electrons. The molecule has 1 saturated heterocycles. The van der Waals surface area contributed by atoms with E-state index < -0.39 is 23.5 Å². The third-order valence-corrected chi connectivity index (χ3v) is 5.67. The van der Waals surface area contributed by atoms with Gasteiger partial charge < -0.3 is 14.3 Å². The predicted molar refractivity (Wildman–Crippen MR) is 122 cm³/mol. The number of aliphatic hydroxyl groups is 1. The number of carbonyl (C=O) groups is 2. The zero-order valence-corrected chi connectivity index (χ0v) is 18.8. The Morgan fingerprint density at radius 3 is 2.44 bits per heavy atom. The molecule has 2 aromatic carbocycles. The number of aryl methyl sites for hydroxylation is 1. The molecule has 1 aromatic heterocycles. The van der Waals surface area contributed by atoms with Gasteiger partial charge in [0.2, 0.25) is 0 Å². The van der Waals surface area contributed by atoms with Crippen molar-refractivity contribution in [2.45, 2.75) is 19.9 Å². The molecule has 0 aliphatic carbocycles. The van der Waals surface area contributed by atoms with Crippen molar-refractivity contribution in [3.05, 3.63) is 87.3 Å². The summed E-state index contributed by atoms with van der Waals surface area (Å²) in [5.74, 6) is -0.672. The largest absolute Gasteiger partial charge is 0.507 e. The van der Waals surface area contributed by atoms with Crippen molar-refractivity contribution >= 4 is 46.3 Å². The number of carbonyl (C=O) groups excluding carboxylic acids is 2. The van der Waals surface area contributed by atoms with Gasteiger partial charge in [0.1, 0.15) is 29.1 Å². The Balaban J connectivity index is 1.93. The lowest BCUT2D eigenvalue weighted by molar-refractivity contribution is -0.132. The van der Waals surface area contributed by atoms with Crippen molar-refractivity contribution < 1.29 is 23.8 Å². The average molecular weight is 472 g/mol. The van der Waals surface area contributed by atoms with Crippen molar-refractivity contribution in [2.24, 2.45) is 0 Å². The third kappa shape index (κ3) is 3.87. The fourth-order valence-electron chi connectivity index (χ4n) is 3.66. The van der Waals surface area contributed by atoms with Crippen LogP contribution >= 0.6 is 23.2 Å². The van der Waals surface area contributed by atoms with E-state index in [9.17, 15) is 14.7 Å². The number of aliphatic hydroxyl groups excluding tert-OH is 1. The normalized spacial score (nSPS) is 17.8. The van der Waals surface area contributed by atoms with Crippen molar-refractivity contribution in [1.82, 2.24) is 0 Å². The highest BCUT2D eigenvalue weighted by molar-refractivity contribution is 6.52. The van der Waals surface area contributed by atoms with E-state index in [4.69, 9.17) is 32.4 Å². The third-order valence-electron chi connectivity index (χ3n) is 5.08. The van der Waals surface area contributed by atoms with E-state index in [0.717, 1.165) is 0 Å². The van der Waals surface area contributed by atoms with Crippen LogP contribution in [0.3, 0.4) is 0 Å². The number of hydrogen-bond acceptors (Lipinski definition) is 5. The van der Waals surface area contributed by atoms with E-state index in [1.165, 1.54) is 11.0 Å². The molecule has 1 atom stereocenters. The molecular formula is C24H19Cl2NO5. The summed E-state index contributed by atoms with van der Waals surface area (Å²) in [5, 5.41) is 11.9. The van der Waals surface area contributed by atoms with Gasteiger partial charge in [0, 0.05) is 16.3 Å². The highest BCUT2D eigenvalue weighted by Crippen LogP contribution is 2.44. The number of ether oxygens (including phenoxy) is 1. The summed E-state index contributed by atoms with van der Waals surface area (Å²) < 4.78 is 11.3. The molecule has 1 unspecified atom stereocenters. The van der Waals surface area contributed by atoms with Crippen LogP contribution in [0.2, 0.25) is 10.0 Å². The van der Waals surface area contributed by atoms with E-state index in [1.54, 1.807) is 55.5 Å². The van der Waals surface area contributed by atoms with Crippen LogP contribution in [0, 0.1) is 6.92 Å². The predicted octanol–water partition coefficient (Wildman–Crippen LogP) is 5.92. The maximum absolute atomic E-state index is 13.1. The van der Waals surface area contributed by atoms with Gasteiger partial charge >= 0.3 is 0 Å². The van der Waals surface area contributed by atoms with Gasteiger partial charge in [-0.25, -0.2) is 0 Å². The zero-order valence-electron chi connectivity index (χ0n) is 17.3. The standard InChI is InChI=1S/C24H19Cl2NO5/c1-3-31-16-9-10-18(26)17(12-16)22(28)20-21(19-11-4-13(2)32-19)27(24(30)23(20)29)15-7-5-14(25)6-8-15/h4-12,21,28H,3H2,1-2H3/b22-20+. The Morgan fingerprint density at radius 1 is 1.09 bits per heavy atom. The lowest BCUT2D eigenvalue weighted by Crippen LogP contribution is -2.29. The van der Waals surface area contributed by atoms with Gasteiger partial charge in [-0.05, 0) is 68.4 Å². The summed E-state index contributed by atoms with van der Waals surface area (Å²) in [6.07, 6.45) is 0. The van der Waals surface area contributed by atoms with Gasteiger partial charge in [-0.1, -0.05) is 23.2 Å². The second kappa shape index (κ2) is 8.73. The van der Waals surface area contributed by atoms with Crippen LogP contribution in [0.4, 0.5) is 5.69 Å². The number of anilines is 1. The van der Waals surface area contributed by atoms with Gasteiger partial charge in [-0.3, -0.25) is 14.5 Å².